The minimum absolute atomic E-state index is 0.806. The Balaban J connectivity index is 2.36. The predicted molar refractivity (Wildman–Crippen MR) is 137 cm³/mol. The Hall–Kier alpha value is -6.08. The van der Waals surface area contributed by atoms with E-state index in [1.807, 2.05) is 0 Å². The molecule has 0 amide bonds. The third kappa shape index (κ3) is 4.83. The number of rotatable bonds is 5. The molecule has 1 fully saturated rings. The van der Waals surface area contributed by atoms with Gasteiger partial charge in [0.05, 0.1) is 27.8 Å². The zero-order valence-electron chi connectivity index (χ0n) is 22.9. The van der Waals surface area contributed by atoms with Gasteiger partial charge in [0.1, 0.15) is 35.4 Å². The molecule has 1 saturated carbocycles. The van der Waals surface area contributed by atoms with Gasteiger partial charge in [-0.15, -0.1) is 0 Å². The second-order valence-corrected chi connectivity index (χ2v) is 9.33. The summed E-state index contributed by atoms with van der Waals surface area (Å²) in [6.45, 7) is -2.46. The van der Waals surface area contributed by atoms with Crippen LogP contribution in [0.5, 0.6) is 0 Å². The number of nitrogens with zero attached hydrogens (tertiary/aromatic N) is 4. The first-order valence-electron chi connectivity index (χ1n) is 12.4. The number of halogens is 12. The monoisotopic (exact) mass is 680 g/mol. The third-order valence-electron chi connectivity index (χ3n) is 7.03. The SMILES string of the molecule is N#CC(=C1C(=C(CN)c2c(F)c(F)c(C#N)c(F)c2F)C1=C(C#N)c1c(F)c(F)c(CN)c(F)c1F)c1c(F)c(F)c(C#N)c(F)c1F. The van der Waals surface area contributed by atoms with Gasteiger partial charge in [-0.1, -0.05) is 0 Å². The molecule has 4 N–H and O–H groups in total. The highest BCUT2D eigenvalue weighted by atomic mass is 19.2. The summed E-state index contributed by atoms with van der Waals surface area (Å²) in [5.74, 6) is -28.1. The lowest BCUT2D eigenvalue weighted by Gasteiger charge is -2.11. The van der Waals surface area contributed by atoms with E-state index >= 15 is 26.3 Å². The van der Waals surface area contributed by atoms with E-state index in [0.29, 0.717) is 0 Å². The van der Waals surface area contributed by atoms with Crippen LogP contribution in [0.25, 0.3) is 16.7 Å². The number of hydrogen-bond acceptors (Lipinski definition) is 6. The molecular formula is C30H8F12N6. The molecule has 48 heavy (non-hydrogen) atoms. The maximum Gasteiger partial charge on any atom is 0.180 e. The molecule has 18 heteroatoms. The lowest BCUT2D eigenvalue weighted by Crippen LogP contribution is -2.12. The summed E-state index contributed by atoms with van der Waals surface area (Å²) in [6, 6.07) is 3.76. The first kappa shape index (κ1) is 34.8. The largest absolute Gasteiger partial charge is 0.326 e. The van der Waals surface area contributed by atoms with Crippen molar-refractivity contribution in [2.45, 2.75) is 6.54 Å². The second kappa shape index (κ2) is 12.6. The molecule has 0 aliphatic heterocycles. The molecule has 0 bridgehead atoms. The lowest BCUT2D eigenvalue weighted by atomic mass is 9.98. The molecule has 3 aromatic rings. The molecule has 0 atom stereocenters. The van der Waals surface area contributed by atoms with Crippen LogP contribution < -0.4 is 11.5 Å². The summed E-state index contributed by atoms with van der Waals surface area (Å²) in [7, 11) is 0. The van der Waals surface area contributed by atoms with Gasteiger partial charge < -0.3 is 11.5 Å². The Morgan fingerprint density at radius 2 is 0.750 bits per heavy atom. The highest BCUT2D eigenvalue weighted by Gasteiger charge is 2.45. The van der Waals surface area contributed by atoms with E-state index in [0.717, 1.165) is 24.3 Å². The normalized spacial score (nSPS) is 15.3. The quantitative estimate of drug-likeness (QED) is 0.185. The van der Waals surface area contributed by atoms with Gasteiger partial charge in [0, 0.05) is 29.8 Å². The summed E-state index contributed by atoms with van der Waals surface area (Å²) >= 11 is 0. The molecule has 4 rings (SSSR count). The molecule has 0 heterocycles. The van der Waals surface area contributed by atoms with Gasteiger partial charge in [-0.3, -0.25) is 0 Å². The highest BCUT2D eigenvalue weighted by molar-refractivity contribution is 6.10. The van der Waals surface area contributed by atoms with E-state index in [1.165, 1.54) is 0 Å². The summed E-state index contributed by atoms with van der Waals surface area (Å²) in [6.07, 6.45) is 0. The molecule has 0 unspecified atom stereocenters. The molecule has 1 aliphatic carbocycles. The van der Waals surface area contributed by atoms with Crippen molar-refractivity contribution >= 4 is 16.7 Å². The topological polar surface area (TPSA) is 147 Å². The Morgan fingerprint density at radius 1 is 0.438 bits per heavy atom. The fourth-order valence-electron chi connectivity index (χ4n) is 4.81. The van der Waals surface area contributed by atoms with Crippen molar-refractivity contribution in [1.82, 2.24) is 0 Å². The van der Waals surface area contributed by atoms with Crippen molar-refractivity contribution < 1.29 is 52.7 Å². The van der Waals surface area contributed by atoms with Gasteiger partial charge in [-0.05, 0) is 11.1 Å². The van der Waals surface area contributed by atoms with Crippen molar-refractivity contribution in [3.63, 3.8) is 0 Å². The fraction of sp³-hybridized carbons (Fsp3) is 0.0667. The number of hydrogen-bond donors (Lipinski definition) is 2. The molecule has 0 aromatic heterocycles. The number of allylic oxidation sites excluding steroid dienone is 5. The predicted octanol–water partition coefficient (Wildman–Crippen LogP) is 6.24. The van der Waals surface area contributed by atoms with Crippen LogP contribution in [0.2, 0.25) is 0 Å². The van der Waals surface area contributed by atoms with Crippen LogP contribution in [0.1, 0.15) is 33.4 Å². The number of benzene rings is 3. The minimum atomic E-state index is -2.46. The van der Waals surface area contributed by atoms with E-state index < -0.39 is 150 Å². The first-order valence-corrected chi connectivity index (χ1v) is 12.4. The summed E-state index contributed by atoms with van der Waals surface area (Å²) in [4.78, 5) is 0. The lowest BCUT2D eigenvalue weighted by molar-refractivity contribution is 0.436. The summed E-state index contributed by atoms with van der Waals surface area (Å²) in [5.41, 5.74) is -8.23. The number of nitrogens with two attached hydrogens (primary N) is 2. The average molecular weight is 680 g/mol. The minimum Gasteiger partial charge on any atom is -0.326 e. The molecule has 0 saturated heterocycles. The third-order valence-corrected chi connectivity index (χ3v) is 7.03. The molecule has 0 spiro atoms. The van der Waals surface area contributed by atoms with Gasteiger partial charge in [0.2, 0.25) is 0 Å². The van der Waals surface area contributed by atoms with Crippen LogP contribution in [-0.4, -0.2) is 6.54 Å². The average Bonchev–Trinajstić information content (AvgIpc) is 3.78. The van der Waals surface area contributed by atoms with Crippen LogP contribution in [-0.2, 0) is 6.54 Å². The molecule has 0 radical (unpaired) electrons. The molecule has 6 nitrogen and oxygen atoms in total. The van der Waals surface area contributed by atoms with Crippen molar-refractivity contribution in [3.05, 3.63) is 120 Å². The van der Waals surface area contributed by atoms with E-state index in [-0.39, 0.29) is 0 Å². The molecular weight excluding hydrogens is 672 g/mol. The highest BCUT2D eigenvalue weighted by Crippen LogP contribution is 2.57. The van der Waals surface area contributed by atoms with Crippen LogP contribution in [0, 0.1) is 115 Å². The maximum absolute atomic E-state index is 15.2. The zero-order valence-corrected chi connectivity index (χ0v) is 22.9. The molecule has 1 aliphatic rings. The second-order valence-electron chi connectivity index (χ2n) is 9.33. The van der Waals surface area contributed by atoms with Gasteiger partial charge in [-0.25, -0.2) is 52.7 Å². The van der Waals surface area contributed by atoms with Crippen LogP contribution in [0.3, 0.4) is 0 Å². The Bertz CT molecular complexity index is 2190. The van der Waals surface area contributed by atoms with E-state index in [2.05, 4.69) is 0 Å². The van der Waals surface area contributed by atoms with E-state index in [1.54, 1.807) is 0 Å². The van der Waals surface area contributed by atoms with Crippen LogP contribution in [0.4, 0.5) is 52.7 Å². The smallest absolute Gasteiger partial charge is 0.180 e. The van der Waals surface area contributed by atoms with E-state index in [9.17, 15) is 36.9 Å². The first-order chi connectivity index (χ1) is 22.6. The Labute approximate surface area is 259 Å². The van der Waals surface area contributed by atoms with Crippen LogP contribution in [0.15, 0.2) is 16.7 Å². The van der Waals surface area contributed by atoms with Gasteiger partial charge in [0.15, 0.2) is 69.8 Å². The number of nitriles is 4. The molecule has 3 aromatic carbocycles. The van der Waals surface area contributed by atoms with Gasteiger partial charge in [-0.2, -0.15) is 21.0 Å². The summed E-state index contributed by atoms with van der Waals surface area (Å²) in [5, 5.41) is 37.5. The van der Waals surface area contributed by atoms with Gasteiger partial charge >= 0.3 is 0 Å². The van der Waals surface area contributed by atoms with Crippen molar-refractivity contribution in [1.29, 1.82) is 21.0 Å². The maximum atomic E-state index is 15.2. The standard InChI is InChI=1S/C30H8F12N6/c31-19-10(4-46)20(32)26(38)16(25(19)37)7(1-43)13-14(8(2-44)17-27(39)21(33)11(5-47)22(34)28(17)40)15(13)9(3-45)18-29(41)23(35)12(6-48)24(36)30(18)42/h1,5,43,47H2. The van der Waals surface area contributed by atoms with Crippen molar-refractivity contribution in [2.24, 2.45) is 11.5 Å². The fourth-order valence-corrected chi connectivity index (χ4v) is 4.81. The Morgan fingerprint density at radius 3 is 1.02 bits per heavy atom. The van der Waals surface area contributed by atoms with Crippen molar-refractivity contribution in [3.8, 4) is 24.3 Å². The molecule has 242 valence electrons. The summed E-state index contributed by atoms with van der Waals surface area (Å²) < 4.78 is 178. The zero-order chi connectivity index (χ0) is 36.1. The van der Waals surface area contributed by atoms with Crippen LogP contribution >= 0.6 is 0 Å². The van der Waals surface area contributed by atoms with E-state index in [4.69, 9.17) is 22.0 Å². The Kier molecular flexibility index (Phi) is 9.14. The van der Waals surface area contributed by atoms with Gasteiger partial charge in [0.25, 0.3) is 0 Å². The van der Waals surface area contributed by atoms with Crippen molar-refractivity contribution in [2.75, 3.05) is 6.54 Å².